The van der Waals surface area contributed by atoms with Gasteiger partial charge in [-0.3, -0.25) is 14.5 Å². The van der Waals surface area contributed by atoms with E-state index in [0.29, 0.717) is 19.6 Å². The van der Waals surface area contributed by atoms with E-state index < -0.39 is 6.04 Å². The van der Waals surface area contributed by atoms with Crippen LogP contribution in [0.1, 0.15) is 16.7 Å². The number of carbonyl (C=O) groups is 2. The van der Waals surface area contributed by atoms with Crippen LogP contribution in [0, 0.1) is 0 Å². The van der Waals surface area contributed by atoms with Crippen LogP contribution in [0.25, 0.3) is 10.9 Å². The van der Waals surface area contributed by atoms with Gasteiger partial charge >= 0.3 is 0 Å². The van der Waals surface area contributed by atoms with E-state index in [4.69, 9.17) is 0 Å². The van der Waals surface area contributed by atoms with Gasteiger partial charge in [0, 0.05) is 56.4 Å². The second kappa shape index (κ2) is 9.63. The topological polar surface area (TPSA) is 48.8 Å². The number of benzene rings is 3. The lowest BCUT2D eigenvalue weighted by Crippen LogP contribution is -2.66. The van der Waals surface area contributed by atoms with Crippen molar-refractivity contribution in [1.82, 2.24) is 19.3 Å². The molecule has 4 aromatic rings. The minimum absolute atomic E-state index is 0.0506. The standard InChI is InChI=1S/C30H30N4O2/c35-29-22-33(18-24-11-5-2-6-12-24)30(36)28-21-31(15-16-34(28)29)19-25-20-32(17-23-9-3-1-4-10-23)27-14-8-7-13-26(25)27/h1-14,20,28H,15-19,21-22H2. The quantitative estimate of drug-likeness (QED) is 0.424. The van der Waals surface area contributed by atoms with Crippen LogP contribution < -0.4 is 0 Å². The van der Waals surface area contributed by atoms with Gasteiger partial charge in [0.1, 0.15) is 12.6 Å². The molecule has 2 aliphatic heterocycles. The van der Waals surface area contributed by atoms with Gasteiger partial charge in [-0.2, -0.15) is 0 Å². The molecule has 1 aromatic heterocycles. The Hall–Kier alpha value is -3.90. The van der Waals surface area contributed by atoms with Crippen LogP contribution in [-0.2, 0) is 29.2 Å². The van der Waals surface area contributed by atoms with Crippen molar-refractivity contribution in [1.29, 1.82) is 0 Å². The van der Waals surface area contributed by atoms with Gasteiger partial charge in [0.25, 0.3) is 0 Å². The first-order valence-corrected chi connectivity index (χ1v) is 12.6. The van der Waals surface area contributed by atoms with Crippen LogP contribution in [0.15, 0.2) is 91.1 Å². The average Bonchev–Trinajstić information content (AvgIpc) is 3.25. The molecule has 0 N–H and O–H groups in total. The zero-order chi connectivity index (χ0) is 24.5. The Morgan fingerprint density at radius 3 is 2.14 bits per heavy atom. The highest BCUT2D eigenvalue weighted by Gasteiger charge is 2.42. The second-order valence-electron chi connectivity index (χ2n) is 9.80. The second-order valence-corrected chi connectivity index (χ2v) is 9.80. The van der Waals surface area contributed by atoms with Crippen molar-refractivity contribution < 1.29 is 9.59 Å². The summed E-state index contributed by atoms with van der Waals surface area (Å²) < 4.78 is 2.31. The molecule has 2 saturated heterocycles. The summed E-state index contributed by atoms with van der Waals surface area (Å²) >= 11 is 0. The smallest absolute Gasteiger partial charge is 0.247 e. The van der Waals surface area contributed by atoms with Crippen LogP contribution in [-0.4, -0.2) is 63.3 Å². The summed E-state index contributed by atoms with van der Waals surface area (Å²) in [7, 11) is 0. The van der Waals surface area contributed by atoms with Crippen molar-refractivity contribution in [2.24, 2.45) is 0 Å². The highest BCUT2D eigenvalue weighted by molar-refractivity contribution is 5.95. The third-order valence-electron chi connectivity index (χ3n) is 7.38. The predicted molar refractivity (Wildman–Crippen MR) is 140 cm³/mol. The lowest BCUT2D eigenvalue weighted by atomic mass is 10.0. The molecule has 0 saturated carbocycles. The summed E-state index contributed by atoms with van der Waals surface area (Å²) in [6.45, 7) is 4.14. The molecule has 1 unspecified atom stereocenters. The molecule has 0 aliphatic carbocycles. The Balaban J connectivity index is 1.21. The number of carbonyl (C=O) groups excluding carboxylic acids is 2. The third-order valence-corrected chi connectivity index (χ3v) is 7.38. The molecular formula is C30H30N4O2. The van der Waals surface area contributed by atoms with Gasteiger partial charge in [-0.25, -0.2) is 0 Å². The van der Waals surface area contributed by atoms with E-state index in [2.05, 4.69) is 64.2 Å². The van der Waals surface area contributed by atoms with Gasteiger partial charge < -0.3 is 14.4 Å². The number of rotatable bonds is 6. The Bertz CT molecular complexity index is 1380. The fourth-order valence-electron chi connectivity index (χ4n) is 5.57. The maximum atomic E-state index is 13.4. The molecule has 182 valence electrons. The number of aromatic nitrogens is 1. The summed E-state index contributed by atoms with van der Waals surface area (Å²) in [6.07, 6.45) is 2.25. The third kappa shape index (κ3) is 4.40. The molecule has 2 amide bonds. The number of hydrogen-bond donors (Lipinski definition) is 0. The maximum absolute atomic E-state index is 13.4. The number of nitrogens with zero attached hydrogens (tertiary/aromatic N) is 4. The predicted octanol–water partition coefficient (Wildman–Crippen LogP) is 3.74. The molecule has 1 atom stereocenters. The summed E-state index contributed by atoms with van der Waals surface area (Å²) in [5, 5.41) is 1.24. The first kappa shape index (κ1) is 22.6. The Morgan fingerprint density at radius 1 is 0.722 bits per heavy atom. The summed E-state index contributed by atoms with van der Waals surface area (Å²) in [6, 6.07) is 28.5. The summed E-state index contributed by atoms with van der Waals surface area (Å²) in [4.78, 5) is 32.2. The van der Waals surface area contributed by atoms with Gasteiger partial charge in [-0.05, 0) is 22.8 Å². The maximum Gasteiger partial charge on any atom is 0.247 e. The number of hydrogen-bond acceptors (Lipinski definition) is 3. The van der Waals surface area contributed by atoms with Crippen molar-refractivity contribution in [3.63, 3.8) is 0 Å². The van der Waals surface area contributed by atoms with Crippen LogP contribution in [0.5, 0.6) is 0 Å². The van der Waals surface area contributed by atoms with Gasteiger partial charge in [0.15, 0.2) is 0 Å². The number of fused-ring (bicyclic) bond motifs is 2. The Labute approximate surface area is 211 Å². The zero-order valence-electron chi connectivity index (χ0n) is 20.3. The van der Waals surface area contributed by atoms with Crippen LogP contribution in [0.4, 0.5) is 0 Å². The SMILES string of the molecule is O=C1C2CN(Cc3cn(Cc4ccccc4)c4ccccc34)CCN2C(=O)CN1Cc1ccccc1. The largest absolute Gasteiger partial charge is 0.343 e. The molecule has 0 radical (unpaired) electrons. The lowest BCUT2D eigenvalue weighted by molar-refractivity contribution is -0.160. The van der Waals surface area contributed by atoms with Gasteiger partial charge in [-0.1, -0.05) is 78.9 Å². The van der Waals surface area contributed by atoms with Gasteiger partial charge in [0.2, 0.25) is 11.8 Å². The van der Waals surface area contributed by atoms with Gasteiger partial charge in [0.05, 0.1) is 0 Å². The van der Waals surface area contributed by atoms with Crippen LogP contribution in [0.3, 0.4) is 0 Å². The van der Waals surface area contributed by atoms with Crippen LogP contribution >= 0.6 is 0 Å². The molecule has 0 bridgehead atoms. The molecule has 6 nitrogen and oxygen atoms in total. The first-order valence-electron chi connectivity index (χ1n) is 12.6. The van der Waals surface area contributed by atoms with Gasteiger partial charge in [-0.15, -0.1) is 0 Å². The number of amides is 2. The van der Waals surface area contributed by atoms with E-state index in [1.807, 2.05) is 36.4 Å². The molecule has 0 spiro atoms. The fourth-order valence-corrected chi connectivity index (χ4v) is 5.57. The molecule has 3 aromatic carbocycles. The molecule has 2 aliphatic rings. The van der Waals surface area contributed by atoms with Crippen molar-refractivity contribution in [2.75, 3.05) is 26.2 Å². The van der Waals surface area contributed by atoms with E-state index in [0.717, 1.165) is 25.2 Å². The molecule has 6 rings (SSSR count). The Morgan fingerprint density at radius 2 is 1.39 bits per heavy atom. The van der Waals surface area contributed by atoms with Crippen molar-refractivity contribution in [3.05, 3.63) is 108 Å². The van der Waals surface area contributed by atoms with Crippen molar-refractivity contribution in [2.45, 2.75) is 25.7 Å². The van der Waals surface area contributed by atoms with E-state index in [1.54, 1.807) is 9.80 Å². The van der Waals surface area contributed by atoms with E-state index in [-0.39, 0.29) is 18.4 Å². The highest BCUT2D eigenvalue weighted by Crippen LogP contribution is 2.26. The normalized spacial score (nSPS) is 18.6. The van der Waals surface area contributed by atoms with Crippen molar-refractivity contribution in [3.8, 4) is 0 Å². The molecule has 2 fully saturated rings. The van der Waals surface area contributed by atoms with E-state index in [9.17, 15) is 9.59 Å². The minimum Gasteiger partial charge on any atom is -0.343 e. The zero-order valence-corrected chi connectivity index (χ0v) is 20.3. The van der Waals surface area contributed by atoms with Crippen molar-refractivity contribution >= 4 is 22.7 Å². The summed E-state index contributed by atoms with van der Waals surface area (Å²) in [5.41, 5.74) is 4.79. The number of piperazine rings is 2. The first-order chi connectivity index (χ1) is 17.7. The summed E-state index contributed by atoms with van der Waals surface area (Å²) in [5.74, 6) is 0.101. The molecule has 3 heterocycles. The van der Waals surface area contributed by atoms with E-state index in [1.165, 1.54) is 22.0 Å². The fraction of sp³-hybridized carbons (Fsp3) is 0.267. The van der Waals surface area contributed by atoms with Crippen LogP contribution in [0.2, 0.25) is 0 Å². The molecule has 36 heavy (non-hydrogen) atoms. The average molecular weight is 479 g/mol. The lowest BCUT2D eigenvalue weighted by Gasteiger charge is -2.46. The number of para-hydroxylation sites is 1. The monoisotopic (exact) mass is 478 g/mol. The highest BCUT2D eigenvalue weighted by atomic mass is 16.2. The molecule has 6 heteroatoms. The van der Waals surface area contributed by atoms with E-state index >= 15 is 0 Å². The molecular weight excluding hydrogens is 448 g/mol. The minimum atomic E-state index is -0.415. The Kier molecular flexibility index (Phi) is 6.03.